The molecule has 0 bridgehead atoms. The molecule has 0 aromatic carbocycles. The van der Waals surface area contributed by atoms with E-state index in [-0.39, 0.29) is 43.6 Å². The van der Waals surface area contributed by atoms with Gasteiger partial charge in [-0.25, -0.2) is 4.79 Å². The lowest BCUT2D eigenvalue weighted by molar-refractivity contribution is -0.142. The molecule has 0 aromatic heterocycles. The smallest absolute Gasteiger partial charge is 0.326 e. The predicted molar refractivity (Wildman–Crippen MR) is 127 cm³/mol. The summed E-state index contributed by atoms with van der Waals surface area (Å²) in [4.78, 5) is 53.1. The monoisotopic (exact) mass is 487 g/mol. The minimum Gasteiger partial charge on any atom is -0.480 e. The zero-order chi connectivity index (χ0) is 26.4. The molecule has 34 heavy (non-hydrogen) atoms. The summed E-state index contributed by atoms with van der Waals surface area (Å²) in [5.74, 6) is -3.55. The molecule has 0 aliphatic heterocycles. The molecule has 0 saturated carbocycles. The van der Waals surface area contributed by atoms with E-state index in [1.54, 1.807) is 0 Å². The number of hydrogen-bond acceptors (Lipinski definition) is 7. The van der Waals surface area contributed by atoms with E-state index in [1.807, 2.05) is 27.7 Å². The number of nitrogens with two attached hydrogens (primary N) is 3. The van der Waals surface area contributed by atoms with Crippen LogP contribution in [0.5, 0.6) is 0 Å². The van der Waals surface area contributed by atoms with Crippen LogP contribution >= 0.6 is 0 Å². The predicted octanol–water partition coefficient (Wildman–Crippen LogP) is -2.01. The Balaban J connectivity index is 5.22. The van der Waals surface area contributed by atoms with Crippen molar-refractivity contribution in [3.05, 3.63) is 0 Å². The summed E-state index contributed by atoms with van der Waals surface area (Å²) in [6, 6.07) is -4.48. The normalized spacial score (nSPS) is 15.4. The van der Waals surface area contributed by atoms with E-state index in [2.05, 4.69) is 20.9 Å². The maximum Gasteiger partial charge on any atom is 0.326 e. The van der Waals surface area contributed by atoms with E-state index < -0.39 is 54.5 Å². The zero-order valence-electron chi connectivity index (χ0n) is 20.4. The minimum atomic E-state index is -1.41. The molecular formula is C21H41N7O6. The number of aliphatic hydroxyl groups excluding tert-OH is 1. The summed E-state index contributed by atoms with van der Waals surface area (Å²) in [5.41, 5.74) is 16.4. The molecule has 0 saturated heterocycles. The first-order chi connectivity index (χ1) is 15.8. The molecule has 5 atom stereocenters. The molecule has 0 heterocycles. The van der Waals surface area contributed by atoms with Crippen molar-refractivity contribution in [3.8, 4) is 0 Å². The Morgan fingerprint density at radius 2 is 1.44 bits per heavy atom. The highest BCUT2D eigenvalue weighted by molar-refractivity contribution is 5.94. The van der Waals surface area contributed by atoms with Crippen molar-refractivity contribution in [3.63, 3.8) is 0 Å². The van der Waals surface area contributed by atoms with Crippen molar-refractivity contribution < 1.29 is 29.4 Å². The van der Waals surface area contributed by atoms with Crippen LogP contribution in [0.1, 0.15) is 53.4 Å². The second-order valence-electron chi connectivity index (χ2n) is 8.69. The number of carboxylic acid groups (broad SMARTS) is 1. The summed E-state index contributed by atoms with van der Waals surface area (Å²) < 4.78 is 0. The number of amides is 3. The molecule has 0 spiro atoms. The van der Waals surface area contributed by atoms with Crippen LogP contribution < -0.4 is 33.2 Å². The Morgan fingerprint density at radius 3 is 1.91 bits per heavy atom. The van der Waals surface area contributed by atoms with E-state index >= 15 is 0 Å². The van der Waals surface area contributed by atoms with Gasteiger partial charge < -0.3 is 43.4 Å². The van der Waals surface area contributed by atoms with Gasteiger partial charge in [0.15, 0.2) is 5.96 Å². The maximum atomic E-state index is 12.8. The lowest BCUT2D eigenvalue weighted by Gasteiger charge is -2.26. The molecule has 0 radical (unpaired) electrons. The third kappa shape index (κ3) is 11.8. The zero-order valence-corrected chi connectivity index (χ0v) is 20.4. The highest BCUT2D eigenvalue weighted by atomic mass is 16.4. The van der Waals surface area contributed by atoms with Crippen LogP contribution in [0, 0.1) is 11.8 Å². The molecular weight excluding hydrogens is 446 g/mol. The van der Waals surface area contributed by atoms with Crippen LogP contribution in [-0.2, 0) is 19.2 Å². The van der Waals surface area contributed by atoms with Crippen molar-refractivity contribution in [2.24, 2.45) is 34.0 Å². The first-order valence-electron chi connectivity index (χ1n) is 11.4. The molecule has 5 unspecified atom stereocenters. The van der Waals surface area contributed by atoms with E-state index in [0.29, 0.717) is 6.42 Å². The Hall–Kier alpha value is -2.93. The van der Waals surface area contributed by atoms with Gasteiger partial charge in [-0.15, -0.1) is 0 Å². The van der Waals surface area contributed by atoms with Crippen LogP contribution in [0.2, 0.25) is 0 Å². The fourth-order valence-electron chi connectivity index (χ4n) is 2.98. The second-order valence-corrected chi connectivity index (χ2v) is 8.69. The van der Waals surface area contributed by atoms with Crippen molar-refractivity contribution >= 4 is 29.7 Å². The number of hydrogen-bond donors (Lipinski definition) is 8. The molecule has 0 aliphatic carbocycles. The number of guanidine groups is 1. The van der Waals surface area contributed by atoms with E-state index in [1.165, 1.54) is 0 Å². The molecule has 13 heteroatoms. The van der Waals surface area contributed by atoms with Gasteiger partial charge in [-0.1, -0.05) is 34.1 Å². The topological polar surface area (TPSA) is 235 Å². The van der Waals surface area contributed by atoms with Gasteiger partial charge in [0, 0.05) is 6.54 Å². The summed E-state index contributed by atoms with van der Waals surface area (Å²) in [6.07, 6.45) is 1.26. The van der Waals surface area contributed by atoms with Gasteiger partial charge >= 0.3 is 5.97 Å². The van der Waals surface area contributed by atoms with Crippen LogP contribution in [0.15, 0.2) is 4.99 Å². The Kier molecular flexibility index (Phi) is 14.5. The highest BCUT2D eigenvalue weighted by Gasteiger charge is 2.31. The molecule has 11 N–H and O–H groups in total. The number of carbonyl (C=O) groups is 4. The quantitative estimate of drug-likeness (QED) is 0.0681. The van der Waals surface area contributed by atoms with Gasteiger partial charge in [-0.2, -0.15) is 0 Å². The summed E-state index contributed by atoms with van der Waals surface area (Å²) in [6.45, 7) is 6.84. The van der Waals surface area contributed by atoms with Crippen LogP contribution in [0.3, 0.4) is 0 Å². The van der Waals surface area contributed by atoms with E-state index in [0.717, 1.165) is 0 Å². The number of aliphatic hydroxyl groups is 1. The molecule has 0 aliphatic rings. The van der Waals surface area contributed by atoms with Gasteiger partial charge in [0.05, 0.1) is 12.6 Å². The largest absolute Gasteiger partial charge is 0.480 e. The number of aliphatic carboxylic acids is 1. The maximum absolute atomic E-state index is 12.8. The number of nitrogens with one attached hydrogen (secondary N) is 3. The van der Waals surface area contributed by atoms with Crippen molar-refractivity contribution in [1.82, 2.24) is 16.0 Å². The lowest BCUT2D eigenvalue weighted by Crippen LogP contribution is -2.58. The van der Waals surface area contributed by atoms with Crippen molar-refractivity contribution in [2.45, 2.75) is 77.5 Å². The summed E-state index contributed by atoms with van der Waals surface area (Å²) in [5, 5.41) is 26.3. The Bertz CT molecular complexity index is 712. The standard InChI is InChI=1S/C21H41N7O6/c1-5-12(4)16(22)19(32)27-14(9-11(2)3)17(30)28-15(10-29)18(31)26-13(20(33)34)7-6-8-25-21(23)24/h11-16,29H,5-10,22H2,1-4H3,(H,26,31)(H,27,32)(H,28,30)(H,33,34)(H4,23,24,25). The Morgan fingerprint density at radius 1 is 0.912 bits per heavy atom. The SMILES string of the molecule is CCC(C)C(N)C(=O)NC(CC(C)C)C(=O)NC(CO)C(=O)NC(CCCN=C(N)N)C(=O)O. The van der Waals surface area contributed by atoms with Crippen LogP contribution in [0.25, 0.3) is 0 Å². The fraction of sp³-hybridized carbons (Fsp3) is 0.762. The van der Waals surface area contributed by atoms with Gasteiger partial charge in [0.25, 0.3) is 0 Å². The number of carbonyl (C=O) groups excluding carboxylic acids is 3. The minimum absolute atomic E-state index is 0.0267. The van der Waals surface area contributed by atoms with Crippen LogP contribution in [0.4, 0.5) is 0 Å². The Labute approximate surface area is 200 Å². The first-order valence-corrected chi connectivity index (χ1v) is 11.4. The summed E-state index contributed by atoms with van der Waals surface area (Å²) in [7, 11) is 0. The third-order valence-electron chi connectivity index (χ3n) is 5.28. The molecule has 13 nitrogen and oxygen atoms in total. The molecule has 0 rings (SSSR count). The third-order valence-corrected chi connectivity index (χ3v) is 5.28. The van der Waals surface area contributed by atoms with Gasteiger partial charge in [-0.05, 0) is 31.1 Å². The van der Waals surface area contributed by atoms with Crippen LogP contribution in [-0.4, -0.2) is 77.2 Å². The highest BCUT2D eigenvalue weighted by Crippen LogP contribution is 2.09. The van der Waals surface area contributed by atoms with Crippen molar-refractivity contribution in [2.75, 3.05) is 13.2 Å². The average molecular weight is 488 g/mol. The van der Waals surface area contributed by atoms with Gasteiger partial charge in [-0.3, -0.25) is 19.4 Å². The van der Waals surface area contributed by atoms with Gasteiger partial charge in [0.2, 0.25) is 17.7 Å². The molecule has 0 aromatic rings. The first kappa shape index (κ1) is 31.1. The molecule has 0 fully saturated rings. The molecule has 196 valence electrons. The summed E-state index contributed by atoms with van der Waals surface area (Å²) >= 11 is 0. The lowest BCUT2D eigenvalue weighted by atomic mass is 9.97. The molecule has 3 amide bonds. The van der Waals surface area contributed by atoms with E-state index in [4.69, 9.17) is 17.2 Å². The average Bonchev–Trinajstić information content (AvgIpc) is 2.76. The second kappa shape index (κ2) is 15.8. The van der Waals surface area contributed by atoms with Gasteiger partial charge in [0.1, 0.15) is 18.1 Å². The number of nitrogens with zero attached hydrogens (tertiary/aromatic N) is 1. The fourth-order valence-corrected chi connectivity index (χ4v) is 2.98. The number of aliphatic imine (C=N–C) groups is 1. The number of rotatable bonds is 16. The number of carboxylic acids is 1. The van der Waals surface area contributed by atoms with Crippen molar-refractivity contribution in [1.29, 1.82) is 0 Å². The van der Waals surface area contributed by atoms with E-state index in [9.17, 15) is 29.4 Å².